The second kappa shape index (κ2) is 10.2. The van der Waals surface area contributed by atoms with Crippen LogP contribution in [0.1, 0.15) is 39.5 Å². The van der Waals surface area contributed by atoms with Crippen LogP contribution in [0.5, 0.6) is 11.6 Å². The van der Waals surface area contributed by atoms with Crippen molar-refractivity contribution < 1.29 is 4.74 Å². The maximum absolute atomic E-state index is 5.98. The number of hydrogen-bond donors (Lipinski definition) is 2. The standard InChI is InChI=1S/C21H29N5OS/c1-16(2)15-22-21(28)25-20-23-18(26-12-8-3-4-9-13-26)14-19(24-20)27-17-10-6-5-7-11-17/h5-7,10-11,14,16H,3-4,8-9,12-13,15H2,1-2H3,(H2,22,23,24,25,28). The van der Waals surface area contributed by atoms with Gasteiger partial charge in [0.1, 0.15) is 11.6 Å². The molecule has 150 valence electrons. The Morgan fingerprint density at radius 3 is 2.50 bits per heavy atom. The Balaban J connectivity index is 1.81. The number of hydrogen-bond acceptors (Lipinski definition) is 5. The van der Waals surface area contributed by atoms with Crippen molar-refractivity contribution in [2.75, 3.05) is 29.9 Å². The molecule has 2 aromatic rings. The lowest BCUT2D eigenvalue weighted by atomic mass is 10.2. The molecular weight excluding hydrogens is 370 g/mol. The molecule has 0 saturated carbocycles. The fourth-order valence-corrected chi connectivity index (χ4v) is 3.21. The summed E-state index contributed by atoms with van der Waals surface area (Å²) in [4.78, 5) is 11.5. The van der Waals surface area contributed by atoms with Gasteiger partial charge in [0.25, 0.3) is 0 Å². The van der Waals surface area contributed by atoms with Gasteiger partial charge in [0, 0.05) is 25.7 Å². The Labute approximate surface area is 172 Å². The molecule has 3 rings (SSSR count). The van der Waals surface area contributed by atoms with E-state index in [1.165, 1.54) is 25.7 Å². The highest BCUT2D eigenvalue weighted by atomic mass is 32.1. The molecule has 0 spiro atoms. The first-order valence-electron chi connectivity index (χ1n) is 10.0. The maximum Gasteiger partial charge on any atom is 0.234 e. The van der Waals surface area contributed by atoms with Gasteiger partial charge in [0.05, 0.1) is 0 Å². The molecule has 2 heterocycles. The summed E-state index contributed by atoms with van der Waals surface area (Å²) < 4.78 is 5.98. The predicted molar refractivity (Wildman–Crippen MR) is 118 cm³/mol. The number of para-hydroxylation sites is 1. The molecule has 1 aromatic heterocycles. The van der Waals surface area contributed by atoms with E-state index in [4.69, 9.17) is 21.9 Å². The van der Waals surface area contributed by atoms with Crippen LogP contribution in [0.4, 0.5) is 11.8 Å². The van der Waals surface area contributed by atoms with Crippen molar-refractivity contribution in [3.05, 3.63) is 36.4 Å². The zero-order valence-electron chi connectivity index (χ0n) is 16.6. The monoisotopic (exact) mass is 399 g/mol. The summed E-state index contributed by atoms with van der Waals surface area (Å²) in [5, 5.41) is 6.83. The highest BCUT2D eigenvalue weighted by Gasteiger charge is 2.15. The van der Waals surface area contributed by atoms with Crippen LogP contribution in [0.15, 0.2) is 36.4 Å². The van der Waals surface area contributed by atoms with Crippen LogP contribution in [0.3, 0.4) is 0 Å². The molecule has 0 unspecified atom stereocenters. The van der Waals surface area contributed by atoms with Crippen molar-refractivity contribution >= 4 is 29.1 Å². The topological polar surface area (TPSA) is 62.3 Å². The molecule has 0 radical (unpaired) electrons. The number of thiocarbonyl (C=S) groups is 1. The van der Waals surface area contributed by atoms with Crippen LogP contribution in [-0.4, -0.2) is 34.7 Å². The largest absolute Gasteiger partial charge is 0.439 e. The van der Waals surface area contributed by atoms with Crippen molar-refractivity contribution in [2.45, 2.75) is 39.5 Å². The second-order valence-corrected chi connectivity index (χ2v) is 7.84. The van der Waals surface area contributed by atoms with Gasteiger partial charge in [-0.25, -0.2) is 0 Å². The summed E-state index contributed by atoms with van der Waals surface area (Å²) in [7, 11) is 0. The van der Waals surface area contributed by atoms with E-state index in [-0.39, 0.29) is 0 Å². The maximum atomic E-state index is 5.98. The summed E-state index contributed by atoms with van der Waals surface area (Å²) >= 11 is 5.39. The minimum absolute atomic E-state index is 0.453. The Bertz CT molecular complexity index is 761. The fraction of sp³-hybridized carbons (Fsp3) is 0.476. The lowest BCUT2D eigenvalue weighted by Gasteiger charge is -2.22. The smallest absolute Gasteiger partial charge is 0.234 e. The first-order valence-corrected chi connectivity index (χ1v) is 10.4. The van der Waals surface area contributed by atoms with E-state index in [1.807, 2.05) is 36.4 Å². The molecular formula is C21H29N5OS. The van der Waals surface area contributed by atoms with Crippen LogP contribution in [0.25, 0.3) is 0 Å². The fourth-order valence-electron chi connectivity index (χ4n) is 3.03. The Morgan fingerprint density at radius 1 is 1.11 bits per heavy atom. The first-order chi connectivity index (χ1) is 13.6. The Hall–Kier alpha value is -2.41. The van der Waals surface area contributed by atoms with Crippen LogP contribution < -0.4 is 20.3 Å². The second-order valence-electron chi connectivity index (χ2n) is 7.43. The minimum atomic E-state index is 0.453. The molecule has 0 aliphatic carbocycles. The average molecular weight is 400 g/mol. The van der Waals surface area contributed by atoms with E-state index in [2.05, 4.69) is 34.4 Å². The molecule has 1 aromatic carbocycles. The van der Waals surface area contributed by atoms with Crippen molar-refractivity contribution in [1.29, 1.82) is 0 Å². The van der Waals surface area contributed by atoms with Gasteiger partial charge < -0.3 is 20.3 Å². The van der Waals surface area contributed by atoms with E-state index < -0.39 is 0 Å². The third-order valence-electron chi connectivity index (χ3n) is 4.48. The number of rotatable bonds is 6. The number of aromatic nitrogens is 2. The van der Waals surface area contributed by atoms with Crippen molar-refractivity contribution in [3.8, 4) is 11.6 Å². The lowest BCUT2D eigenvalue weighted by Crippen LogP contribution is -2.32. The molecule has 1 fully saturated rings. The third-order valence-corrected chi connectivity index (χ3v) is 4.73. The summed E-state index contributed by atoms with van der Waals surface area (Å²) in [5.41, 5.74) is 0. The van der Waals surface area contributed by atoms with Crippen LogP contribution >= 0.6 is 12.2 Å². The Morgan fingerprint density at radius 2 is 1.82 bits per heavy atom. The van der Waals surface area contributed by atoms with Gasteiger partial charge in [-0.1, -0.05) is 44.9 Å². The van der Waals surface area contributed by atoms with Gasteiger partial charge in [-0.15, -0.1) is 0 Å². The normalized spacial score (nSPS) is 14.5. The van der Waals surface area contributed by atoms with Gasteiger partial charge in [-0.05, 0) is 43.1 Å². The van der Waals surface area contributed by atoms with E-state index in [0.29, 0.717) is 22.9 Å². The SMILES string of the molecule is CC(C)CNC(=S)Nc1nc(Oc2ccccc2)cc(N2CCCCCC2)n1. The average Bonchev–Trinajstić information content (AvgIpc) is 2.96. The lowest BCUT2D eigenvalue weighted by molar-refractivity contribution is 0.462. The summed E-state index contributed by atoms with van der Waals surface area (Å²) in [6.07, 6.45) is 4.89. The van der Waals surface area contributed by atoms with Crippen LogP contribution in [0.2, 0.25) is 0 Å². The van der Waals surface area contributed by atoms with Crippen LogP contribution in [-0.2, 0) is 0 Å². The van der Waals surface area contributed by atoms with E-state index in [9.17, 15) is 0 Å². The number of nitrogens with one attached hydrogen (secondary N) is 2. The first kappa shape index (κ1) is 20.3. The molecule has 7 heteroatoms. The van der Waals surface area contributed by atoms with Gasteiger partial charge in [-0.3, -0.25) is 0 Å². The van der Waals surface area contributed by atoms with Crippen LogP contribution in [0, 0.1) is 5.92 Å². The quantitative estimate of drug-likeness (QED) is 0.689. The minimum Gasteiger partial charge on any atom is -0.439 e. The molecule has 0 bridgehead atoms. The molecule has 28 heavy (non-hydrogen) atoms. The van der Waals surface area contributed by atoms with Crippen molar-refractivity contribution in [3.63, 3.8) is 0 Å². The van der Waals surface area contributed by atoms with E-state index in [1.54, 1.807) is 0 Å². The molecule has 1 aliphatic heterocycles. The number of ether oxygens (including phenoxy) is 1. The number of nitrogens with zero attached hydrogens (tertiary/aromatic N) is 3. The molecule has 1 saturated heterocycles. The summed E-state index contributed by atoms with van der Waals surface area (Å²) in [6, 6.07) is 11.6. The van der Waals surface area contributed by atoms with Crippen molar-refractivity contribution in [2.24, 2.45) is 5.92 Å². The van der Waals surface area contributed by atoms with E-state index >= 15 is 0 Å². The highest BCUT2D eigenvalue weighted by Crippen LogP contribution is 2.26. The molecule has 2 N–H and O–H groups in total. The number of anilines is 2. The molecule has 0 amide bonds. The molecule has 6 nitrogen and oxygen atoms in total. The highest BCUT2D eigenvalue weighted by molar-refractivity contribution is 7.80. The number of benzene rings is 1. The zero-order chi connectivity index (χ0) is 19.8. The van der Waals surface area contributed by atoms with Gasteiger partial charge >= 0.3 is 0 Å². The predicted octanol–water partition coefficient (Wildman–Crippen LogP) is 4.59. The summed E-state index contributed by atoms with van der Waals surface area (Å²) in [6.45, 7) is 7.06. The van der Waals surface area contributed by atoms with E-state index in [0.717, 1.165) is 31.2 Å². The molecule has 0 atom stereocenters. The van der Waals surface area contributed by atoms with Crippen molar-refractivity contribution in [1.82, 2.24) is 15.3 Å². The third kappa shape index (κ3) is 6.34. The van der Waals surface area contributed by atoms with Gasteiger partial charge in [-0.2, -0.15) is 9.97 Å². The van der Waals surface area contributed by atoms with Gasteiger partial charge in [0.15, 0.2) is 5.11 Å². The van der Waals surface area contributed by atoms with Gasteiger partial charge in [0.2, 0.25) is 11.8 Å². The summed E-state index contributed by atoms with van der Waals surface area (Å²) in [5.74, 6) is 3.08. The Kier molecular flexibility index (Phi) is 7.42. The zero-order valence-corrected chi connectivity index (χ0v) is 17.5. The molecule has 1 aliphatic rings.